The van der Waals surface area contributed by atoms with Crippen molar-refractivity contribution in [2.45, 2.75) is 39.0 Å². The fourth-order valence-electron chi connectivity index (χ4n) is 2.17. The van der Waals surface area contributed by atoms with E-state index in [4.69, 9.17) is 16.6 Å². The summed E-state index contributed by atoms with van der Waals surface area (Å²) >= 11 is 6.04. The lowest BCUT2D eigenvalue weighted by atomic mass is 9.94. The van der Waals surface area contributed by atoms with Crippen molar-refractivity contribution in [1.82, 2.24) is 0 Å². The van der Waals surface area contributed by atoms with Gasteiger partial charge in [-0.1, -0.05) is 31.2 Å². The summed E-state index contributed by atoms with van der Waals surface area (Å²) in [4.78, 5) is 4.76. The van der Waals surface area contributed by atoms with E-state index in [2.05, 4.69) is 19.6 Å². The molecule has 0 N–H and O–H groups in total. The second-order valence-corrected chi connectivity index (χ2v) is 4.93. The summed E-state index contributed by atoms with van der Waals surface area (Å²) in [5.74, 6) is 0. The molecule has 1 saturated carbocycles. The summed E-state index contributed by atoms with van der Waals surface area (Å²) < 4.78 is 0. The van der Waals surface area contributed by atoms with Crippen LogP contribution in [0.25, 0.3) is 0 Å². The van der Waals surface area contributed by atoms with Gasteiger partial charge in [0.25, 0.3) is 0 Å². The minimum absolute atomic E-state index is 0.753. The van der Waals surface area contributed by atoms with Crippen molar-refractivity contribution in [2.24, 2.45) is 4.99 Å². The first kappa shape index (κ1) is 12.4. The molecular weight excluding hydrogens is 230 g/mol. The maximum atomic E-state index is 6.04. The molecule has 1 nitrogen and oxygen atoms in total. The second kappa shape index (κ2) is 5.50. The van der Waals surface area contributed by atoms with Crippen molar-refractivity contribution in [1.29, 1.82) is 0 Å². The summed E-state index contributed by atoms with van der Waals surface area (Å²) in [5, 5.41) is 0.753. The third-order valence-corrected chi connectivity index (χ3v) is 3.47. The molecule has 0 aliphatic heterocycles. The van der Waals surface area contributed by atoms with E-state index < -0.39 is 0 Å². The SMILES string of the molecule is C=C1CCCCC1=Nc1cc(Cl)ccc1CC. The van der Waals surface area contributed by atoms with Gasteiger partial charge < -0.3 is 0 Å². The van der Waals surface area contributed by atoms with Crippen LogP contribution < -0.4 is 0 Å². The molecule has 0 aromatic heterocycles. The summed E-state index contributed by atoms with van der Waals surface area (Å²) in [6, 6.07) is 5.95. The topological polar surface area (TPSA) is 12.4 Å². The zero-order valence-corrected chi connectivity index (χ0v) is 11.1. The average Bonchev–Trinajstić information content (AvgIpc) is 2.32. The number of halogens is 1. The summed E-state index contributed by atoms with van der Waals surface area (Å²) in [6.45, 7) is 6.25. The molecule has 1 aromatic rings. The van der Waals surface area contributed by atoms with Crippen LogP contribution in [0.5, 0.6) is 0 Å². The summed E-state index contributed by atoms with van der Waals surface area (Å²) in [5.41, 5.74) is 4.62. The first-order valence-corrected chi connectivity index (χ1v) is 6.62. The van der Waals surface area contributed by atoms with Crippen molar-refractivity contribution < 1.29 is 0 Å². The van der Waals surface area contributed by atoms with Gasteiger partial charge in [0.15, 0.2) is 0 Å². The average molecular weight is 248 g/mol. The molecular formula is C15H18ClN. The zero-order chi connectivity index (χ0) is 12.3. The summed E-state index contributed by atoms with van der Waals surface area (Å²) in [7, 11) is 0. The van der Waals surface area contributed by atoms with E-state index in [1.54, 1.807) is 0 Å². The van der Waals surface area contributed by atoms with Gasteiger partial charge in [0, 0.05) is 10.7 Å². The molecule has 0 bridgehead atoms. The van der Waals surface area contributed by atoms with Crippen LogP contribution in [0.3, 0.4) is 0 Å². The highest BCUT2D eigenvalue weighted by atomic mass is 35.5. The third-order valence-electron chi connectivity index (χ3n) is 3.23. The highest BCUT2D eigenvalue weighted by molar-refractivity contribution is 6.30. The molecule has 0 saturated heterocycles. The van der Waals surface area contributed by atoms with E-state index >= 15 is 0 Å². The predicted octanol–water partition coefficient (Wildman–Crippen LogP) is 5.11. The zero-order valence-electron chi connectivity index (χ0n) is 10.3. The van der Waals surface area contributed by atoms with Crippen LogP contribution in [0.2, 0.25) is 5.02 Å². The van der Waals surface area contributed by atoms with Gasteiger partial charge >= 0.3 is 0 Å². The normalized spacial score (nSPS) is 18.7. The Labute approximate surface area is 108 Å². The van der Waals surface area contributed by atoms with E-state index in [1.165, 1.54) is 24.0 Å². The molecule has 0 spiro atoms. The lowest BCUT2D eigenvalue weighted by Crippen LogP contribution is -2.07. The number of benzene rings is 1. The molecule has 0 heterocycles. The van der Waals surface area contributed by atoms with Crippen LogP contribution in [-0.4, -0.2) is 5.71 Å². The molecule has 0 unspecified atom stereocenters. The van der Waals surface area contributed by atoms with Gasteiger partial charge in [0.2, 0.25) is 0 Å². The summed E-state index contributed by atoms with van der Waals surface area (Å²) in [6.07, 6.45) is 5.58. The predicted molar refractivity (Wildman–Crippen MR) is 75.5 cm³/mol. The van der Waals surface area contributed by atoms with Crippen LogP contribution in [0, 0.1) is 0 Å². The van der Waals surface area contributed by atoms with Crippen LogP contribution in [0.1, 0.15) is 38.2 Å². The van der Waals surface area contributed by atoms with Crippen LogP contribution in [0.15, 0.2) is 35.3 Å². The molecule has 2 rings (SSSR count). The Morgan fingerprint density at radius 1 is 1.29 bits per heavy atom. The Morgan fingerprint density at radius 3 is 2.76 bits per heavy atom. The Kier molecular flexibility index (Phi) is 4.01. The lowest BCUT2D eigenvalue weighted by molar-refractivity contribution is 0.734. The molecule has 0 radical (unpaired) electrons. The quantitative estimate of drug-likeness (QED) is 0.689. The van der Waals surface area contributed by atoms with Crippen molar-refractivity contribution in [3.05, 3.63) is 40.9 Å². The molecule has 0 atom stereocenters. The maximum Gasteiger partial charge on any atom is 0.0679 e. The first-order chi connectivity index (χ1) is 8.20. The Bertz CT molecular complexity index is 460. The van der Waals surface area contributed by atoms with Gasteiger partial charge in [-0.25, -0.2) is 0 Å². The highest BCUT2D eigenvalue weighted by Crippen LogP contribution is 2.28. The molecule has 1 aliphatic rings. The number of hydrogen-bond acceptors (Lipinski definition) is 1. The largest absolute Gasteiger partial charge is 0.253 e. The van der Waals surface area contributed by atoms with Gasteiger partial charge in [-0.2, -0.15) is 0 Å². The molecule has 1 fully saturated rings. The van der Waals surface area contributed by atoms with Crippen molar-refractivity contribution in [3.63, 3.8) is 0 Å². The Balaban J connectivity index is 2.36. The minimum atomic E-state index is 0.753. The van der Waals surface area contributed by atoms with E-state index in [9.17, 15) is 0 Å². The molecule has 0 amide bonds. The number of allylic oxidation sites excluding steroid dienone is 1. The standard InChI is InChI=1S/C15H18ClN/c1-3-12-8-9-13(16)10-15(12)17-14-7-5-4-6-11(14)2/h8-10H,2-7H2,1H3. The third kappa shape index (κ3) is 2.98. The first-order valence-electron chi connectivity index (χ1n) is 6.25. The number of nitrogens with zero attached hydrogens (tertiary/aromatic N) is 1. The van der Waals surface area contributed by atoms with Gasteiger partial charge in [0.05, 0.1) is 5.69 Å². The van der Waals surface area contributed by atoms with Gasteiger partial charge in [-0.3, -0.25) is 4.99 Å². The minimum Gasteiger partial charge on any atom is -0.253 e. The van der Waals surface area contributed by atoms with Crippen LogP contribution in [-0.2, 0) is 6.42 Å². The molecule has 1 aliphatic carbocycles. The fraction of sp³-hybridized carbons (Fsp3) is 0.400. The van der Waals surface area contributed by atoms with E-state index in [0.717, 1.165) is 35.7 Å². The fourth-order valence-corrected chi connectivity index (χ4v) is 2.34. The van der Waals surface area contributed by atoms with Crippen LogP contribution >= 0.6 is 11.6 Å². The number of aryl methyl sites for hydroxylation is 1. The molecule has 90 valence electrons. The van der Waals surface area contributed by atoms with E-state index in [0.29, 0.717) is 0 Å². The van der Waals surface area contributed by atoms with Gasteiger partial charge in [-0.15, -0.1) is 0 Å². The molecule has 2 heteroatoms. The Hall–Kier alpha value is -1.08. The van der Waals surface area contributed by atoms with Crippen molar-refractivity contribution in [3.8, 4) is 0 Å². The van der Waals surface area contributed by atoms with E-state index in [-0.39, 0.29) is 0 Å². The van der Waals surface area contributed by atoms with Gasteiger partial charge in [0.1, 0.15) is 0 Å². The Morgan fingerprint density at radius 2 is 2.06 bits per heavy atom. The van der Waals surface area contributed by atoms with Crippen molar-refractivity contribution in [2.75, 3.05) is 0 Å². The van der Waals surface area contributed by atoms with Gasteiger partial charge in [-0.05, 0) is 55.4 Å². The van der Waals surface area contributed by atoms with E-state index in [1.807, 2.05) is 12.1 Å². The monoisotopic (exact) mass is 247 g/mol. The molecule has 1 aromatic carbocycles. The van der Waals surface area contributed by atoms with Crippen molar-refractivity contribution >= 4 is 23.0 Å². The lowest BCUT2D eigenvalue weighted by Gasteiger charge is -2.16. The second-order valence-electron chi connectivity index (χ2n) is 4.50. The van der Waals surface area contributed by atoms with Crippen LogP contribution in [0.4, 0.5) is 5.69 Å². The smallest absolute Gasteiger partial charge is 0.0679 e. The number of hydrogen-bond donors (Lipinski definition) is 0. The number of aliphatic imine (C=N–C) groups is 1. The number of rotatable bonds is 2. The maximum absolute atomic E-state index is 6.04. The highest BCUT2D eigenvalue weighted by Gasteiger charge is 2.12. The molecule has 17 heavy (non-hydrogen) atoms.